The largest absolute Gasteiger partial charge is 0.341 e. The third kappa shape index (κ3) is 2.84. The molecule has 0 saturated carbocycles. The maximum Gasteiger partial charge on any atom is 0.159 e. The maximum atomic E-state index is 13.8. The zero-order chi connectivity index (χ0) is 14.0. The molecule has 0 N–H and O–H groups in total. The Balaban J connectivity index is 2.42. The molecule has 0 radical (unpaired) electrons. The molecule has 0 atom stereocenters. The SMILES string of the molecule is CC(=O)c1ccc(N(C)c2ccccc2F)c(Br)c1. The molecule has 0 saturated heterocycles. The molecule has 2 rings (SSSR count). The minimum atomic E-state index is -0.285. The van der Waals surface area contributed by atoms with Gasteiger partial charge in [-0.3, -0.25) is 4.79 Å². The first-order valence-corrected chi connectivity index (χ1v) is 6.58. The van der Waals surface area contributed by atoms with E-state index in [1.54, 1.807) is 48.3 Å². The van der Waals surface area contributed by atoms with Crippen LogP contribution in [0.2, 0.25) is 0 Å². The Kier molecular flexibility index (Phi) is 4.00. The lowest BCUT2D eigenvalue weighted by molar-refractivity contribution is 0.101. The van der Waals surface area contributed by atoms with E-state index in [2.05, 4.69) is 15.9 Å². The lowest BCUT2D eigenvalue weighted by atomic mass is 10.1. The molecule has 0 spiro atoms. The molecule has 19 heavy (non-hydrogen) atoms. The average Bonchev–Trinajstić information content (AvgIpc) is 2.38. The third-order valence-corrected chi connectivity index (χ3v) is 3.56. The lowest BCUT2D eigenvalue weighted by Crippen LogP contribution is -2.12. The number of para-hydroxylation sites is 1. The van der Waals surface area contributed by atoms with Gasteiger partial charge in [0, 0.05) is 17.1 Å². The van der Waals surface area contributed by atoms with Crippen LogP contribution in [0.5, 0.6) is 0 Å². The molecule has 0 aliphatic rings. The van der Waals surface area contributed by atoms with E-state index < -0.39 is 0 Å². The van der Waals surface area contributed by atoms with Gasteiger partial charge in [-0.2, -0.15) is 0 Å². The molecule has 2 aromatic rings. The minimum Gasteiger partial charge on any atom is -0.341 e. The predicted molar refractivity (Wildman–Crippen MR) is 78.6 cm³/mol. The van der Waals surface area contributed by atoms with Crippen molar-refractivity contribution < 1.29 is 9.18 Å². The molecule has 0 aliphatic carbocycles. The highest BCUT2D eigenvalue weighted by molar-refractivity contribution is 9.10. The van der Waals surface area contributed by atoms with Crippen molar-refractivity contribution in [3.63, 3.8) is 0 Å². The average molecular weight is 322 g/mol. The molecular formula is C15H13BrFNO. The van der Waals surface area contributed by atoms with Crippen molar-refractivity contribution in [2.75, 3.05) is 11.9 Å². The predicted octanol–water partition coefficient (Wildman–Crippen LogP) is 4.56. The number of rotatable bonds is 3. The zero-order valence-electron chi connectivity index (χ0n) is 10.7. The van der Waals surface area contributed by atoms with Gasteiger partial charge in [0.2, 0.25) is 0 Å². The summed E-state index contributed by atoms with van der Waals surface area (Å²) >= 11 is 3.42. The lowest BCUT2D eigenvalue weighted by Gasteiger charge is -2.21. The summed E-state index contributed by atoms with van der Waals surface area (Å²) in [5.41, 5.74) is 1.91. The molecule has 0 amide bonds. The number of anilines is 2. The second-order valence-corrected chi connectivity index (χ2v) is 5.09. The number of halogens is 2. The van der Waals surface area contributed by atoms with Gasteiger partial charge in [-0.05, 0) is 53.2 Å². The molecule has 0 bridgehead atoms. The van der Waals surface area contributed by atoms with Crippen molar-refractivity contribution in [1.29, 1.82) is 0 Å². The highest BCUT2D eigenvalue weighted by atomic mass is 79.9. The molecular weight excluding hydrogens is 309 g/mol. The summed E-state index contributed by atoms with van der Waals surface area (Å²) in [5, 5.41) is 0. The summed E-state index contributed by atoms with van der Waals surface area (Å²) in [5.74, 6) is -0.284. The molecule has 0 heterocycles. The number of hydrogen-bond acceptors (Lipinski definition) is 2. The third-order valence-electron chi connectivity index (χ3n) is 2.93. The summed E-state index contributed by atoms with van der Waals surface area (Å²) in [6, 6.07) is 11.8. The topological polar surface area (TPSA) is 20.3 Å². The normalized spacial score (nSPS) is 10.3. The number of hydrogen-bond donors (Lipinski definition) is 0. The van der Waals surface area contributed by atoms with Crippen LogP contribution in [0, 0.1) is 5.82 Å². The van der Waals surface area contributed by atoms with E-state index in [0.29, 0.717) is 11.3 Å². The Morgan fingerprint density at radius 3 is 2.42 bits per heavy atom. The Labute approximate surface area is 120 Å². The fraction of sp³-hybridized carbons (Fsp3) is 0.133. The van der Waals surface area contributed by atoms with Crippen LogP contribution in [-0.4, -0.2) is 12.8 Å². The van der Waals surface area contributed by atoms with Crippen LogP contribution in [0.15, 0.2) is 46.9 Å². The molecule has 0 aliphatic heterocycles. The molecule has 2 aromatic carbocycles. The number of benzene rings is 2. The van der Waals surface area contributed by atoms with Gasteiger partial charge in [-0.15, -0.1) is 0 Å². The number of ketones is 1. The van der Waals surface area contributed by atoms with Gasteiger partial charge >= 0.3 is 0 Å². The first-order valence-electron chi connectivity index (χ1n) is 5.79. The standard InChI is InChI=1S/C15H13BrFNO/c1-10(19)11-7-8-14(12(16)9-11)18(2)15-6-4-3-5-13(15)17/h3-9H,1-2H3. The van der Waals surface area contributed by atoms with Gasteiger partial charge in [0.15, 0.2) is 5.78 Å². The highest BCUT2D eigenvalue weighted by Gasteiger charge is 2.12. The minimum absolute atomic E-state index is 0.000736. The van der Waals surface area contributed by atoms with E-state index >= 15 is 0 Å². The molecule has 2 nitrogen and oxygen atoms in total. The summed E-state index contributed by atoms with van der Waals surface area (Å²) in [4.78, 5) is 13.0. The van der Waals surface area contributed by atoms with Crippen molar-refractivity contribution in [1.82, 2.24) is 0 Å². The van der Waals surface area contributed by atoms with Crippen LogP contribution in [-0.2, 0) is 0 Å². The van der Waals surface area contributed by atoms with Crippen molar-refractivity contribution in [3.05, 3.63) is 58.3 Å². The van der Waals surface area contributed by atoms with Crippen LogP contribution in [0.4, 0.5) is 15.8 Å². The first-order chi connectivity index (χ1) is 9.00. The molecule has 4 heteroatoms. The van der Waals surface area contributed by atoms with Gasteiger partial charge in [0.1, 0.15) is 5.82 Å². The van der Waals surface area contributed by atoms with Gasteiger partial charge in [-0.25, -0.2) is 4.39 Å². The van der Waals surface area contributed by atoms with E-state index in [1.165, 1.54) is 13.0 Å². The fourth-order valence-corrected chi connectivity index (χ4v) is 2.50. The van der Waals surface area contributed by atoms with Crippen LogP contribution >= 0.6 is 15.9 Å². The van der Waals surface area contributed by atoms with E-state index in [1.807, 2.05) is 0 Å². The van der Waals surface area contributed by atoms with E-state index in [4.69, 9.17) is 0 Å². The first kappa shape index (κ1) is 13.7. The number of nitrogens with zero attached hydrogens (tertiary/aromatic N) is 1. The molecule has 0 unspecified atom stereocenters. The smallest absolute Gasteiger partial charge is 0.159 e. The summed E-state index contributed by atoms with van der Waals surface area (Å²) in [6.45, 7) is 1.52. The number of Topliss-reactive ketones (excluding diaryl/α,β-unsaturated/α-hetero) is 1. The van der Waals surface area contributed by atoms with Gasteiger partial charge < -0.3 is 4.90 Å². The van der Waals surface area contributed by atoms with Crippen molar-refractivity contribution >= 4 is 33.1 Å². The Morgan fingerprint density at radius 2 is 1.84 bits per heavy atom. The monoisotopic (exact) mass is 321 g/mol. The van der Waals surface area contributed by atoms with E-state index in [9.17, 15) is 9.18 Å². The van der Waals surface area contributed by atoms with Crippen molar-refractivity contribution in [2.45, 2.75) is 6.92 Å². The summed E-state index contributed by atoms with van der Waals surface area (Å²) < 4.78 is 14.5. The molecule has 98 valence electrons. The summed E-state index contributed by atoms with van der Waals surface area (Å²) in [7, 11) is 1.78. The van der Waals surface area contributed by atoms with Gasteiger partial charge in [-0.1, -0.05) is 12.1 Å². The van der Waals surface area contributed by atoms with Crippen molar-refractivity contribution in [3.8, 4) is 0 Å². The fourth-order valence-electron chi connectivity index (χ4n) is 1.85. The van der Waals surface area contributed by atoms with Crippen LogP contribution in [0.3, 0.4) is 0 Å². The zero-order valence-corrected chi connectivity index (χ0v) is 12.2. The van der Waals surface area contributed by atoms with Crippen LogP contribution in [0.25, 0.3) is 0 Å². The second-order valence-electron chi connectivity index (χ2n) is 4.23. The Morgan fingerprint density at radius 1 is 1.16 bits per heavy atom. The second kappa shape index (κ2) is 5.53. The molecule has 0 aromatic heterocycles. The van der Waals surface area contributed by atoms with Gasteiger partial charge in [0.05, 0.1) is 11.4 Å². The quantitative estimate of drug-likeness (QED) is 0.772. The summed E-state index contributed by atoms with van der Waals surface area (Å²) in [6.07, 6.45) is 0. The number of carbonyl (C=O) groups excluding carboxylic acids is 1. The van der Waals surface area contributed by atoms with Gasteiger partial charge in [0.25, 0.3) is 0 Å². The highest BCUT2D eigenvalue weighted by Crippen LogP contribution is 2.32. The van der Waals surface area contributed by atoms with Crippen LogP contribution < -0.4 is 4.90 Å². The number of carbonyl (C=O) groups is 1. The Hall–Kier alpha value is -1.68. The van der Waals surface area contributed by atoms with E-state index in [-0.39, 0.29) is 11.6 Å². The van der Waals surface area contributed by atoms with E-state index in [0.717, 1.165) is 10.2 Å². The Bertz CT molecular complexity index is 627. The van der Waals surface area contributed by atoms with Crippen molar-refractivity contribution in [2.24, 2.45) is 0 Å². The molecule has 0 fully saturated rings. The van der Waals surface area contributed by atoms with Crippen LogP contribution in [0.1, 0.15) is 17.3 Å². The maximum absolute atomic E-state index is 13.8.